The Morgan fingerprint density at radius 2 is 1.76 bits per heavy atom. The summed E-state index contributed by atoms with van der Waals surface area (Å²) >= 11 is 2.58. The zero-order valence-corrected chi connectivity index (χ0v) is 21.3. The van der Waals surface area contributed by atoms with Gasteiger partial charge in [0.25, 0.3) is 0 Å². The van der Waals surface area contributed by atoms with Gasteiger partial charge in [0.1, 0.15) is 32.1 Å². The fourth-order valence-corrected chi connectivity index (χ4v) is 5.25. The largest absolute Gasteiger partial charge is 0.462 e. The van der Waals surface area contributed by atoms with E-state index in [1.165, 1.54) is 18.3 Å². The van der Waals surface area contributed by atoms with Gasteiger partial charge >= 0.3 is 5.97 Å². The van der Waals surface area contributed by atoms with Crippen LogP contribution in [0.1, 0.15) is 23.5 Å². The van der Waals surface area contributed by atoms with Crippen LogP contribution in [-0.2, 0) is 9.53 Å². The molecule has 0 bridgehead atoms. The number of ether oxygens (including phenoxy) is 1. The third-order valence-corrected chi connectivity index (χ3v) is 6.91. The number of thiazole rings is 2. The van der Waals surface area contributed by atoms with Gasteiger partial charge in [0, 0.05) is 48.2 Å². The third kappa shape index (κ3) is 5.25. The minimum atomic E-state index is -0.509. The Morgan fingerprint density at radius 1 is 0.946 bits per heavy atom. The lowest BCUT2D eigenvalue weighted by atomic mass is 10.1. The smallest absolute Gasteiger partial charge is 0.350 e. The molecule has 0 radical (unpaired) electrons. The number of hydrogen-bond donors (Lipinski definition) is 1. The fraction of sp³-hybridized carbons (Fsp3) is 0.120. The highest BCUT2D eigenvalue weighted by molar-refractivity contribution is 7.17. The number of aromatic nitrogens is 6. The number of esters is 1. The van der Waals surface area contributed by atoms with E-state index in [2.05, 4.69) is 25.3 Å². The molecule has 1 N–H and O–H groups in total. The molecule has 5 aromatic rings. The molecular formula is C25H19N7O3S2. The van der Waals surface area contributed by atoms with Crippen LogP contribution in [0.15, 0.2) is 60.5 Å². The molecule has 37 heavy (non-hydrogen) atoms. The summed E-state index contributed by atoms with van der Waals surface area (Å²) in [5, 5.41) is 5.81. The van der Waals surface area contributed by atoms with Crippen molar-refractivity contribution >= 4 is 40.4 Å². The molecular weight excluding hydrogens is 510 g/mol. The molecule has 0 fully saturated rings. The average Bonchev–Trinajstić information content (AvgIpc) is 3.58. The summed E-state index contributed by atoms with van der Waals surface area (Å²) < 4.78 is 5.26. The number of pyridine rings is 2. The van der Waals surface area contributed by atoms with Gasteiger partial charge in [-0.3, -0.25) is 9.78 Å². The maximum atomic E-state index is 12.8. The summed E-state index contributed by atoms with van der Waals surface area (Å²) in [6.07, 6.45) is 6.48. The molecule has 184 valence electrons. The summed E-state index contributed by atoms with van der Waals surface area (Å²) in [5.74, 6) is -0.0784. The molecule has 5 aromatic heterocycles. The van der Waals surface area contributed by atoms with E-state index in [-0.39, 0.29) is 17.4 Å². The first-order valence-corrected chi connectivity index (χ1v) is 12.8. The van der Waals surface area contributed by atoms with Gasteiger partial charge in [-0.15, -0.1) is 22.7 Å². The van der Waals surface area contributed by atoms with Gasteiger partial charge in [0.15, 0.2) is 5.82 Å². The molecule has 0 aliphatic carbocycles. The van der Waals surface area contributed by atoms with Crippen molar-refractivity contribution in [2.45, 2.75) is 13.8 Å². The summed E-state index contributed by atoms with van der Waals surface area (Å²) in [5.41, 5.74) is 3.10. The van der Waals surface area contributed by atoms with Gasteiger partial charge in [-0.25, -0.2) is 29.7 Å². The molecule has 0 saturated heterocycles. The van der Waals surface area contributed by atoms with Crippen molar-refractivity contribution in [3.63, 3.8) is 0 Å². The second-order valence-electron chi connectivity index (χ2n) is 7.54. The molecule has 12 heteroatoms. The van der Waals surface area contributed by atoms with E-state index in [0.717, 1.165) is 17.0 Å². The molecule has 0 atom stereocenters. The Hall–Kier alpha value is -4.42. The average molecular weight is 530 g/mol. The maximum Gasteiger partial charge on any atom is 0.350 e. The van der Waals surface area contributed by atoms with Crippen LogP contribution in [0.3, 0.4) is 0 Å². The van der Waals surface area contributed by atoms with Gasteiger partial charge in [-0.05, 0) is 31.2 Å². The Balaban J connectivity index is 1.66. The highest BCUT2D eigenvalue weighted by Gasteiger charge is 2.25. The minimum Gasteiger partial charge on any atom is -0.462 e. The molecule has 1 amide bonds. The van der Waals surface area contributed by atoms with E-state index >= 15 is 0 Å². The number of rotatable bonds is 7. The predicted molar refractivity (Wildman–Crippen MR) is 141 cm³/mol. The van der Waals surface area contributed by atoms with Gasteiger partial charge < -0.3 is 10.1 Å². The van der Waals surface area contributed by atoms with Crippen LogP contribution in [0.5, 0.6) is 0 Å². The zero-order valence-electron chi connectivity index (χ0n) is 19.7. The predicted octanol–water partition coefficient (Wildman–Crippen LogP) is 4.98. The summed E-state index contributed by atoms with van der Waals surface area (Å²) in [4.78, 5) is 51.6. The van der Waals surface area contributed by atoms with Crippen LogP contribution < -0.4 is 5.32 Å². The van der Waals surface area contributed by atoms with Crippen LogP contribution in [0.25, 0.3) is 44.0 Å². The van der Waals surface area contributed by atoms with Crippen LogP contribution in [0.4, 0.5) is 5.82 Å². The number of nitrogens with one attached hydrogen (secondary N) is 1. The lowest BCUT2D eigenvalue weighted by molar-refractivity contribution is -0.114. The Morgan fingerprint density at radius 3 is 2.49 bits per heavy atom. The van der Waals surface area contributed by atoms with Gasteiger partial charge in [0.05, 0.1) is 12.3 Å². The number of amides is 1. The van der Waals surface area contributed by atoms with Crippen LogP contribution in [0.2, 0.25) is 0 Å². The molecule has 0 unspecified atom stereocenters. The van der Waals surface area contributed by atoms with Gasteiger partial charge in [-0.1, -0.05) is 6.07 Å². The Bertz CT molecular complexity index is 1570. The summed E-state index contributed by atoms with van der Waals surface area (Å²) in [6.45, 7) is 3.37. The van der Waals surface area contributed by atoms with Crippen molar-refractivity contribution in [1.82, 2.24) is 29.9 Å². The minimum absolute atomic E-state index is 0.217. The van der Waals surface area contributed by atoms with Crippen LogP contribution in [0, 0.1) is 0 Å². The topological polar surface area (TPSA) is 133 Å². The molecule has 0 aliphatic rings. The third-order valence-electron chi connectivity index (χ3n) is 4.97. The molecule has 10 nitrogen and oxygen atoms in total. The number of hydrogen-bond acceptors (Lipinski definition) is 11. The molecule has 0 spiro atoms. The molecule has 0 aliphatic heterocycles. The second kappa shape index (κ2) is 10.7. The van der Waals surface area contributed by atoms with Gasteiger partial charge in [-0.2, -0.15) is 0 Å². The van der Waals surface area contributed by atoms with Crippen molar-refractivity contribution < 1.29 is 14.3 Å². The van der Waals surface area contributed by atoms with E-state index in [4.69, 9.17) is 14.7 Å². The normalized spacial score (nSPS) is 10.8. The molecule has 0 aromatic carbocycles. The lowest BCUT2D eigenvalue weighted by Crippen LogP contribution is -2.07. The maximum absolute atomic E-state index is 12.8. The second-order valence-corrected chi connectivity index (χ2v) is 9.40. The van der Waals surface area contributed by atoms with Crippen molar-refractivity contribution in [3.05, 3.63) is 65.4 Å². The standard InChI is InChI=1S/C25H19N7O3S2/c1-3-35-25(34)21-20(22-27-9-6-10-28-22)32-24(37-21)16-12-29-19(30-14(2)33)11-15(16)23-31-18(13-36-23)17-7-4-5-8-26-17/h4-13H,3H2,1-2H3,(H,29,30,33). The highest BCUT2D eigenvalue weighted by atomic mass is 32.1. The first-order chi connectivity index (χ1) is 18.0. The van der Waals surface area contributed by atoms with Crippen molar-refractivity contribution in [2.75, 3.05) is 11.9 Å². The monoisotopic (exact) mass is 529 g/mol. The van der Waals surface area contributed by atoms with E-state index in [0.29, 0.717) is 44.2 Å². The Kier molecular flexibility index (Phi) is 7.01. The van der Waals surface area contributed by atoms with Crippen LogP contribution in [-0.4, -0.2) is 48.4 Å². The first-order valence-electron chi connectivity index (χ1n) is 11.1. The number of carbonyl (C=O) groups is 2. The first kappa shape index (κ1) is 24.3. The molecule has 5 rings (SSSR count). The SMILES string of the molecule is CCOC(=O)c1sc(-c2cnc(NC(C)=O)cc2-c2nc(-c3ccccn3)cs2)nc1-c1ncccn1. The van der Waals surface area contributed by atoms with Crippen molar-refractivity contribution in [1.29, 1.82) is 0 Å². The summed E-state index contributed by atoms with van der Waals surface area (Å²) in [6, 6.07) is 9.05. The quantitative estimate of drug-likeness (QED) is 0.290. The van der Waals surface area contributed by atoms with E-state index < -0.39 is 5.97 Å². The number of carbonyl (C=O) groups excluding carboxylic acids is 2. The molecule has 0 saturated carbocycles. The van der Waals surface area contributed by atoms with Gasteiger partial charge in [0.2, 0.25) is 5.91 Å². The highest BCUT2D eigenvalue weighted by Crippen LogP contribution is 2.40. The molecule has 5 heterocycles. The van der Waals surface area contributed by atoms with E-state index in [9.17, 15) is 9.59 Å². The van der Waals surface area contributed by atoms with E-state index in [1.807, 2.05) is 23.6 Å². The fourth-order valence-electron chi connectivity index (χ4n) is 3.42. The zero-order chi connectivity index (χ0) is 25.8. The number of anilines is 1. The van der Waals surface area contributed by atoms with Crippen molar-refractivity contribution in [2.24, 2.45) is 0 Å². The summed E-state index contributed by atoms with van der Waals surface area (Å²) in [7, 11) is 0. The lowest BCUT2D eigenvalue weighted by Gasteiger charge is -2.08. The van der Waals surface area contributed by atoms with E-state index in [1.54, 1.807) is 43.8 Å². The van der Waals surface area contributed by atoms with Crippen molar-refractivity contribution in [3.8, 4) is 44.0 Å². The number of nitrogens with zero attached hydrogens (tertiary/aromatic N) is 6. The van der Waals surface area contributed by atoms with Crippen LogP contribution >= 0.6 is 22.7 Å². The Labute approximate surface area is 219 Å².